The molecule has 0 radical (unpaired) electrons. The number of rotatable bonds is 7. The Labute approximate surface area is 137 Å². The normalized spacial score (nSPS) is 20.5. The Balaban J connectivity index is 1.40. The Hall–Kier alpha value is -1.69. The molecule has 2 N–H and O–H groups in total. The molecule has 0 amide bonds. The highest BCUT2D eigenvalue weighted by Crippen LogP contribution is 2.24. The molecule has 124 valence electrons. The summed E-state index contributed by atoms with van der Waals surface area (Å²) in [4.78, 5) is 9.89. The number of imidazole rings is 1. The number of hydrogen-bond donors (Lipinski definition) is 2. The van der Waals surface area contributed by atoms with E-state index in [2.05, 4.69) is 14.9 Å². The lowest BCUT2D eigenvalue weighted by atomic mass is 9.97. The van der Waals surface area contributed by atoms with Crippen LogP contribution in [0.2, 0.25) is 0 Å². The first kappa shape index (κ1) is 16.2. The monoisotopic (exact) mass is 315 g/mol. The first-order valence-electron chi connectivity index (χ1n) is 8.32. The zero-order chi connectivity index (χ0) is 15.9. The molecule has 1 aromatic heterocycles. The van der Waals surface area contributed by atoms with Crippen molar-refractivity contribution in [2.45, 2.75) is 31.5 Å². The molecule has 0 aliphatic carbocycles. The molecular weight excluding hydrogens is 290 g/mol. The van der Waals surface area contributed by atoms with Crippen LogP contribution >= 0.6 is 0 Å². The van der Waals surface area contributed by atoms with Crippen LogP contribution in [0.15, 0.2) is 42.7 Å². The summed E-state index contributed by atoms with van der Waals surface area (Å²) in [6, 6.07) is 10.1. The average Bonchev–Trinajstić information content (AvgIpc) is 3.11. The van der Waals surface area contributed by atoms with E-state index >= 15 is 0 Å². The highest BCUT2D eigenvalue weighted by Gasteiger charge is 2.24. The van der Waals surface area contributed by atoms with Crippen molar-refractivity contribution in [2.24, 2.45) is 0 Å². The van der Waals surface area contributed by atoms with Crippen molar-refractivity contribution < 1.29 is 9.84 Å². The summed E-state index contributed by atoms with van der Waals surface area (Å²) < 4.78 is 5.63. The molecule has 2 heterocycles. The average molecular weight is 315 g/mol. The number of nitrogens with zero attached hydrogens (tertiary/aromatic N) is 2. The van der Waals surface area contributed by atoms with Crippen LogP contribution in [0.25, 0.3) is 0 Å². The number of piperidine rings is 1. The van der Waals surface area contributed by atoms with E-state index in [1.807, 2.05) is 36.5 Å². The minimum absolute atomic E-state index is 0.372. The maximum absolute atomic E-state index is 10.2. The second kappa shape index (κ2) is 8.24. The van der Waals surface area contributed by atoms with Crippen molar-refractivity contribution >= 4 is 0 Å². The lowest BCUT2D eigenvalue weighted by Crippen LogP contribution is -2.41. The summed E-state index contributed by atoms with van der Waals surface area (Å²) in [5, 5.41) is 10.2. The number of ether oxygens (including phenoxy) is 1. The Kier molecular flexibility index (Phi) is 5.80. The van der Waals surface area contributed by atoms with Crippen LogP contribution < -0.4 is 0 Å². The first-order valence-corrected chi connectivity index (χ1v) is 8.32. The quantitative estimate of drug-likeness (QED) is 0.822. The third-order valence-corrected chi connectivity index (χ3v) is 4.30. The Morgan fingerprint density at radius 2 is 2.22 bits per heavy atom. The molecule has 0 bridgehead atoms. The molecule has 5 nitrogen and oxygen atoms in total. The molecule has 2 aromatic rings. The largest absolute Gasteiger partial charge is 0.389 e. The molecule has 1 aliphatic heterocycles. The smallest absolute Gasteiger partial charge is 0.110 e. The van der Waals surface area contributed by atoms with E-state index in [1.54, 1.807) is 6.20 Å². The lowest BCUT2D eigenvalue weighted by molar-refractivity contribution is 0.00552. The number of aromatic nitrogens is 2. The fraction of sp³-hybridized carbons (Fsp3) is 0.500. The van der Waals surface area contributed by atoms with Crippen LogP contribution in [-0.2, 0) is 11.3 Å². The molecule has 1 aromatic carbocycles. The topological polar surface area (TPSA) is 61.4 Å². The number of aliphatic hydroxyl groups excluding tert-OH is 1. The molecule has 0 saturated carbocycles. The summed E-state index contributed by atoms with van der Waals surface area (Å²) in [6.07, 6.45) is 5.53. The Bertz CT molecular complexity index is 559. The van der Waals surface area contributed by atoms with Gasteiger partial charge in [0, 0.05) is 31.4 Å². The summed E-state index contributed by atoms with van der Waals surface area (Å²) in [5.41, 5.74) is 1.13. The van der Waals surface area contributed by atoms with Crippen LogP contribution in [0.4, 0.5) is 0 Å². The van der Waals surface area contributed by atoms with Crippen molar-refractivity contribution in [3.8, 4) is 0 Å². The SMILES string of the molecule is O[C@@H](COCc1ccccc1)CN1CCC[C@H](c2ncc[nH]2)C1. The van der Waals surface area contributed by atoms with Gasteiger partial charge in [0.25, 0.3) is 0 Å². The van der Waals surface area contributed by atoms with E-state index in [0.29, 0.717) is 25.7 Å². The van der Waals surface area contributed by atoms with Crippen LogP contribution in [-0.4, -0.2) is 52.3 Å². The third kappa shape index (κ3) is 4.89. The molecule has 2 atom stereocenters. The first-order chi connectivity index (χ1) is 11.3. The minimum atomic E-state index is -0.450. The number of aliphatic hydroxyl groups is 1. The number of H-pyrrole nitrogens is 1. The van der Waals surface area contributed by atoms with Crippen molar-refractivity contribution in [3.63, 3.8) is 0 Å². The summed E-state index contributed by atoms with van der Waals surface area (Å²) in [5.74, 6) is 1.50. The minimum Gasteiger partial charge on any atom is -0.389 e. The number of nitrogens with one attached hydrogen (secondary N) is 1. The Morgan fingerprint density at radius 3 is 3.00 bits per heavy atom. The number of benzene rings is 1. The van der Waals surface area contributed by atoms with E-state index in [1.165, 1.54) is 0 Å². The second-order valence-corrected chi connectivity index (χ2v) is 6.23. The molecular formula is C18H25N3O2. The van der Waals surface area contributed by atoms with E-state index in [9.17, 15) is 5.11 Å². The van der Waals surface area contributed by atoms with Gasteiger partial charge in [-0.05, 0) is 24.9 Å². The van der Waals surface area contributed by atoms with Gasteiger partial charge in [-0.25, -0.2) is 4.98 Å². The molecule has 1 saturated heterocycles. The van der Waals surface area contributed by atoms with Gasteiger partial charge in [0.2, 0.25) is 0 Å². The number of aromatic amines is 1. The van der Waals surface area contributed by atoms with Gasteiger partial charge >= 0.3 is 0 Å². The van der Waals surface area contributed by atoms with Crippen molar-refractivity contribution in [2.75, 3.05) is 26.2 Å². The molecule has 5 heteroatoms. The van der Waals surface area contributed by atoms with Crippen LogP contribution in [0.5, 0.6) is 0 Å². The standard InChI is InChI=1S/C18H25N3O2/c22-17(14-23-13-15-5-2-1-3-6-15)12-21-10-4-7-16(11-21)18-19-8-9-20-18/h1-3,5-6,8-9,16-17,22H,4,7,10-14H2,(H,19,20)/t16-,17+/m0/s1. The van der Waals surface area contributed by atoms with E-state index < -0.39 is 6.10 Å². The van der Waals surface area contributed by atoms with E-state index in [0.717, 1.165) is 37.3 Å². The molecule has 1 fully saturated rings. The van der Waals surface area contributed by atoms with Gasteiger partial charge in [-0.1, -0.05) is 30.3 Å². The van der Waals surface area contributed by atoms with Gasteiger partial charge in [0.1, 0.15) is 5.82 Å². The fourth-order valence-electron chi connectivity index (χ4n) is 3.18. The highest BCUT2D eigenvalue weighted by atomic mass is 16.5. The number of likely N-dealkylation sites (tertiary alicyclic amines) is 1. The number of hydrogen-bond acceptors (Lipinski definition) is 4. The summed E-state index contributed by atoms with van der Waals surface area (Å²) in [6.45, 7) is 3.56. The Morgan fingerprint density at radius 1 is 1.35 bits per heavy atom. The number of β-amino-alcohol motifs (C(OH)–C–C–N with tert-alkyl or cyclic N) is 1. The maximum Gasteiger partial charge on any atom is 0.110 e. The summed E-state index contributed by atoms with van der Waals surface area (Å²) >= 11 is 0. The van der Waals surface area contributed by atoms with Crippen molar-refractivity contribution in [3.05, 3.63) is 54.1 Å². The van der Waals surface area contributed by atoms with Gasteiger partial charge in [-0.3, -0.25) is 4.90 Å². The second-order valence-electron chi connectivity index (χ2n) is 6.23. The molecule has 0 spiro atoms. The molecule has 3 rings (SSSR count). The molecule has 0 unspecified atom stereocenters. The van der Waals surface area contributed by atoms with Crippen LogP contribution in [0.1, 0.15) is 30.1 Å². The zero-order valence-electron chi connectivity index (χ0n) is 13.4. The molecule has 1 aliphatic rings. The van der Waals surface area contributed by atoms with Gasteiger partial charge < -0.3 is 14.8 Å². The predicted octanol–water partition coefficient (Wildman–Crippen LogP) is 2.17. The lowest BCUT2D eigenvalue weighted by Gasteiger charge is -2.33. The zero-order valence-corrected chi connectivity index (χ0v) is 13.4. The summed E-state index contributed by atoms with van der Waals surface area (Å²) in [7, 11) is 0. The predicted molar refractivity (Wildman–Crippen MR) is 89.1 cm³/mol. The third-order valence-electron chi connectivity index (χ3n) is 4.30. The molecule has 23 heavy (non-hydrogen) atoms. The highest BCUT2D eigenvalue weighted by molar-refractivity contribution is 5.13. The maximum atomic E-state index is 10.2. The van der Waals surface area contributed by atoms with E-state index in [-0.39, 0.29) is 0 Å². The van der Waals surface area contributed by atoms with Crippen LogP contribution in [0, 0.1) is 0 Å². The van der Waals surface area contributed by atoms with Crippen LogP contribution in [0.3, 0.4) is 0 Å². The van der Waals surface area contributed by atoms with Crippen molar-refractivity contribution in [1.82, 2.24) is 14.9 Å². The fourth-order valence-corrected chi connectivity index (χ4v) is 3.18. The van der Waals surface area contributed by atoms with E-state index in [4.69, 9.17) is 4.74 Å². The van der Waals surface area contributed by atoms with Gasteiger partial charge in [0.15, 0.2) is 0 Å². The van der Waals surface area contributed by atoms with Gasteiger partial charge in [-0.2, -0.15) is 0 Å². The van der Waals surface area contributed by atoms with Gasteiger partial charge in [0.05, 0.1) is 19.3 Å². The van der Waals surface area contributed by atoms with Crippen molar-refractivity contribution in [1.29, 1.82) is 0 Å². The van der Waals surface area contributed by atoms with Gasteiger partial charge in [-0.15, -0.1) is 0 Å².